The monoisotopic (exact) mass is 416 g/mol. The van der Waals surface area contributed by atoms with Gasteiger partial charge in [-0.1, -0.05) is 24.3 Å². The van der Waals surface area contributed by atoms with Crippen molar-refractivity contribution in [3.05, 3.63) is 90.0 Å². The Kier molecular flexibility index (Phi) is 6.59. The van der Waals surface area contributed by atoms with Crippen LogP contribution in [-0.2, 0) is 4.74 Å². The Morgan fingerprint density at radius 1 is 0.839 bits per heavy atom. The number of rotatable bonds is 7. The minimum absolute atomic E-state index is 0.151. The molecule has 1 heterocycles. The van der Waals surface area contributed by atoms with Crippen LogP contribution in [0.25, 0.3) is 0 Å². The largest absolute Gasteiger partial charge is 0.491 e. The molecular weight excluding hydrogens is 392 g/mol. The van der Waals surface area contributed by atoms with Gasteiger partial charge < -0.3 is 20.1 Å². The van der Waals surface area contributed by atoms with Crippen molar-refractivity contribution >= 4 is 23.2 Å². The molecular formula is C25H24N2O4. The summed E-state index contributed by atoms with van der Waals surface area (Å²) in [6.07, 6.45) is 2.24. The van der Waals surface area contributed by atoms with Gasteiger partial charge in [0.2, 0.25) is 0 Å². The summed E-state index contributed by atoms with van der Waals surface area (Å²) in [7, 11) is 0. The fourth-order valence-electron chi connectivity index (χ4n) is 3.34. The summed E-state index contributed by atoms with van der Waals surface area (Å²) in [6, 6.07) is 23.0. The van der Waals surface area contributed by atoms with Gasteiger partial charge in [-0.05, 0) is 67.4 Å². The molecule has 0 aromatic heterocycles. The van der Waals surface area contributed by atoms with E-state index in [-0.39, 0.29) is 17.9 Å². The predicted octanol–water partition coefficient (Wildman–Crippen LogP) is 4.75. The molecule has 0 aliphatic carbocycles. The molecule has 0 spiro atoms. The number of nitrogens with one attached hydrogen (secondary N) is 2. The molecule has 1 saturated heterocycles. The van der Waals surface area contributed by atoms with E-state index in [1.54, 1.807) is 60.7 Å². The Balaban J connectivity index is 1.33. The van der Waals surface area contributed by atoms with Gasteiger partial charge in [0, 0.05) is 29.1 Å². The first-order valence-electron chi connectivity index (χ1n) is 10.3. The van der Waals surface area contributed by atoms with Gasteiger partial charge in [-0.3, -0.25) is 9.59 Å². The van der Waals surface area contributed by atoms with Crippen LogP contribution < -0.4 is 15.4 Å². The maximum atomic E-state index is 12.6. The summed E-state index contributed by atoms with van der Waals surface area (Å²) in [5, 5.41) is 5.70. The van der Waals surface area contributed by atoms with Crippen molar-refractivity contribution in [2.45, 2.75) is 18.9 Å². The molecule has 1 fully saturated rings. The highest BCUT2D eigenvalue weighted by Gasteiger charge is 2.16. The van der Waals surface area contributed by atoms with E-state index in [0.29, 0.717) is 34.9 Å². The third-order valence-corrected chi connectivity index (χ3v) is 4.99. The number of carbonyl (C=O) groups is 2. The van der Waals surface area contributed by atoms with Crippen LogP contribution in [0.2, 0.25) is 0 Å². The Morgan fingerprint density at radius 2 is 1.48 bits per heavy atom. The normalized spacial score (nSPS) is 15.3. The van der Waals surface area contributed by atoms with Gasteiger partial charge in [-0.2, -0.15) is 0 Å². The zero-order valence-corrected chi connectivity index (χ0v) is 17.0. The van der Waals surface area contributed by atoms with Crippen LogP contribution in [0.15, 0.2) is 78.9 Å². The molecule has 1 unspecified atom stereocenters. The average molecular weight is 416 g/mol. The molecule has 1 atom stereocenters. The fourth-order valence-corrected chi connectivity index (χ4v) is 3.34. The van der Waals surface area contributed by atoms with Crippen LogP contribution in [-0.4, -0.2) is 31.1 Å². The molecule has 6 nitrogen and oxygen atoms in total. The van der Waals surface area contributed by atoms with E-state index in [1.165, 1.54) is 0 Å². The highest BCUT2D eigenvalue weighted by atomic mass is 16.5. The first kappa shape index (κ1) is 20.6. The molecule has 0 saturated carbocycles. The molecule has 1 aliphatic rings. The molecule has 0 radical (unpaired) electrons. The zero-order valence-electron chi connectivity index (χ0n) is 17.0. The number of benzene rings is 3. The van der Waals surface area contributed by atoms with E-state index in [9.17, 15) is 9.59 Å². The number of anilines is 2. The molecule has 6 heteroatoms. The highest BCUT2D eigenvalue weighted by Crippen LogP contribution is 2.19. The maximum Gasteiger partial charge on any atom is 0.255 e. The zero-order chi connectivity index (χ0) is 21.5. The van der Waals surface area contributed by atoms with Crippen LogP contribution in [0.3, 0.4) is 0 Å². The van der Waals surface area contributed by atoms with Gasteiger partial charge in [0.15, 0.2) is 0 Å². The van der Waals surface area contributed by atoms with E-state index >= 15 is 0 Å². The lowest BCUT2D eigenvalue weighted by atomic mass is 10.2. The smallest absolute Gasteiger partial charge is 0.255 e. The van der Waals surface area contributed by atoms with Crippen molar-refractivity contribution in [3.8, 4) is 5.75 Å². The molecule has 4 rings (SSSR count). The minimum atomic E-state index is -0.239. The average Bonchev–Trinajstić information content (AvgIpc) is 3.32. The van der Waals surface area contributed by atoms with Crippen LogP contribution in [0.4, 0.5) is 11.4 Å². The van der Waals surface area contributed by atoms with Gasteiger partial charge >= 0.3 is 0 Å². The topological polar surface area (TPSA) is 76.7 Å². The summed E-state index contributed by atoms with van der Waals surface area (Å²) in [6.45, 7) is 1.32. The van der Waals surface area contributed by atoms with Crippen LogP contribution in [0.1, 0.15) is 33.6 Å². The quantitative estimate of drug-likeness (QED) is 0.583. The standard InChI is InChI=1S/C25H24N2O4/c28-24(18-6-2-1-3-7-18)26-20-8-4-9-21(16-20)27-25(29)19-11-13-22(14-12-19)31-17-23-10-5-15-30-23/h1-4,6-9,11-14,16,23H,5,10,15,17H2,(H,26,28)(H,27,29). The Morgan fingerprint density at radius 3 is 2.10 bits per heavy atom. The van der Waals surface area contributed by atoms with Gasteiger partial charge in [-0.25, -0.2) is 0 Å². The summed E-state index contributed by atoms with van der Waals surface area (Å²) in [5.74, 6) is 0.262. The van der Waals surface area contributed by atoms with Gasteiger partial charge in [0.1, 0.15) is 12.4 Å². The lowest BCUT2D eigenvalue weighted by Gasteiger charge is -2.12. The van der Waals surface area contributed by atoms with Crippen molar-refractivity contribution in [3.63, 3.8) is 0 Å². The number of carbonyl (C=O) groups excluding carboxylic acids is 2. The van der Waals surface area contributed by atoms with Crippen molar-refractivity contribution in [1.82, 2.24) is 0 Å². The van der Waals surface area contributed by atoms with Crippen LogP contribution >= 0.6 is 0 Å². The second kappa shape index (κ2) is 9.91. The van der Waals surface area contributed by atoms with Crippen molar-refractivity contribution in [1.29, 1.82) is 0 Å². The molecule has 158 valence electrons. The number of hydrogen-bond donors (Lipinski definition) is 2. The number of ether oxygens (including phenoxy) is 2. The molecule has 3 aromatic rings. The second-order valence-corrected chi connectivity index (χ2v) is 7.33. The molecule has 2 amide bonds. The Hall–Kier alpha value is -3.64. The van der Waals surface area contributed by atoms with E-state index in [1.807, 2.05) is 18.2 Å². The van der Waals surface area contributed by atoms with Gasteiger partial charge in [0.05, 0.1) is 6.10 Å². The molecule has 2 N–H and O–H groups in total. The molecule has 0 bridgehead atoms. The summed E-state index contributed by atoms with van der Waals surface area (Å²) in [5.41, 5.74) is 2.28. The van der Waals surface area contributed by atoms with Crippen molar-refractivity contribution in [2.24, 2.45) is 0 Å². The lowest BCUT2D eigenvalue weighted by molar-refractivity contribution is 0.0679. The Bertz CT molecular complexity index is 1030. The number of hydrogen-bond acceptors (Lipinski definition) is 4. The third kappa shape index (κ3) is 5.71. The first-order chi connectivity index (χ1) is 15.2. The fraction of sp³-hybridized carbons (Fsp3) is 0.200. The van der Waals surface area contributed by atoms with Gasteiger partial charge in [-0.15, -0.1) is 0 Å². The van der Waals surface area contributed by atoms with E-state index in [4.69, 9.17) is 9.47 Å². The molecule has 31 heavy (non-hydrogen) atoms. The summed E-state index contributed by atoms with van der Waals surface area (Å²) in [4.78, 5) is 24.9. The highest BCUT2D eigenvalue weighted by molar-refractivity contribution is 6.06. The second-order valence-electron chi connectivity index (χ2n) is 7.33. The van der Waals surface area contributed by atoms with Crippen molar-refractivity contribution < 1.29 is 19.1 Å². The third-order valence-electron chi connectivity index (χ3n) is 4.99. The number of amides is 2. The molecule has 1 aliphatic heterocycles. The first-order valence-corrected chi connectivity index (χ1v) is 10.3. The van der Waals surface area contributed by atoms with Crippen LogP contribution in [0, 0.1) is 0 Å². The van der Waals surface area contributed by atoms with Gasteiger partial charge in [0.25, 0.3) is 11.8 Å². The summed E-state index contributed by atoms with van der Waals surface area (Å²) >= 11 is 0. The van der Waals surface area contributed by atoms with E-state index < -0.39 is 0 Å². The summed E-state index contributed by atoms with van der Waals surface area (Å²) < 4.78 is 11.3. The van der Waals surface area contributed by atoms with Crippen LogP contribution in [0.5, 0.6) is 5.75 Å². The van der Waals surface area contributed by atoms with E-state index in [2.05, 4.69) is 10.6 Å². The molecule has 3 aromatic carbocycles. The minimum Gasteiger partial charge on any atom is -0.491 e. The lowest BCUT2D eigenvalue weighted by Crippen LogP contribution is -2.16. The predicted molar refractivity (Wildman–Crippen MR) is 120 cm³/mol. The SMILES string of the molecule is O=C(Nc1cccc(NC(=O)c2ccc(OCC3CCCO3)cc2)c1)c1ccccc1. The van der Waals surface area contributed by atoms with E-state index in [0.717, 1.165) is 19.4 Å². The maximum absolute atomic E-state index is 12.6. The van der Waals surface area contributed by atoms with Crippen molar-refractivity contribution in [2.75, 3.05) is 23.8 Å². The Labute approximate surface area is 181 Å².